The van der Waals surface area contributed by atoms with Gasteiger partial charge in [0.1, 0.15) is 5.82 Å². The van der Waals surface area contributed by atoms with Gasteiger partial charge in [-0.05, 0) is 36.2 Å². The first-order valence-electron chi connectivity index (χ1n) is 5.20. The van der Waals surface area contributed by atoms with Crippen molar-refractivity contribution in [1.29, 1.82) is 0 Å². The van der Waals surface area contributed by atoms with E-state index in [1.54, 1.807) is 24.5 Å². The third kappa shape index (κ3) is 2.53. The van der Waals surface area contributed by atoms with Crippen LogP contribution in [0.2, 0.25) is 0 Å². The van der Waals surface area contributed by atoms with Crippen molar-refractivity contribution in [2.24, 2.45) is 5.73 Å². The molecule has 0 amide bonds. The fourth-order valence-electron chi connectivity index (χ4n) is 1.72. The summed E-state index contributed by atoms with van der Waals surface area (Å²) in [5.41, 5.74) is 8.40. The molecule has 17 heavy (non-hydrogen) atoms. The maximum Gasteiger partial charge on any atom is 0.129 e. The van der Waals surface area contributed by atoms with Crippen LogP contribution in [0, 0.1) is 12.7 Å². The second kappa shape index (κ2) is 4.94. The predicted octanol–water partition coefficient (Wildman–Crippen LogP) is 3.34. The Kier molecular flexibility index (Phi) is 3.54. The van der Waals surface area contributed by atoms with Crippen molar-refractivity contribution >= 4 is 15.9 Å². The first-order valence-corrected chi connectivity index (χ1v) is 6.00. The topological polar surface area (TPSA) is 38.9 Å². The molecule has 0 aliphatic rings. The van der Waals surface area contributed by atoms with Gasteiger partial charge in [0.25, 0.3) is 0 Å². The number of nitrogens with two attached hydrogens (primary N) is 1. The zero-order chi connectivity index (χ0) is 12.4. The van der Waals surface area contributed by atoms with Crippen LogP contribution in [0.5, 0.6) is 0 Å². The van der Waals surface area contributed by atoms with Crippen LogP contribution in [0.1, 0.15) is 22.7 Å². The van der Waals surface area contributed by atoms with Gasteiger partial charge in [-0.3, -0.25) is 4.98 Å². The molecule has 2 rings (SSSR count). The van der Waals surface area contributed by atoms with Crippen molar-refractivity contribution in [3.63, 3.8) is 0 Å². The fourth-order valence-corrected chi connectivity index (χ4v) is 2.06. The summed E-state index contributed by atoms with van der Waals surface area (Å²) in [6.07, 6.45) is 3.38. The minimum atomic E-state index is -0.489. The molecule has 0 radical (unpaired) electrons. The second-order valence-electron chi connectivity index (χ2n) is 3.88. The molecule has 1 atom stereocenters. The van der Waals surface area contributed by atoms with Crippen LogP contribution >= 0.6 is 15.9 Å². The lowest BCUT2D eigenvalue weighted by Crippen LogP contribution is -2.15. The van der Waals surface area contributed by atoms with Crippen LogP contribution in [0.15, 0.2) is 41.1 Å². The summed E-state index contributed by atoms with van der Waals surface area (Å²) < 4.78 is 14.5. The molecular formula is C13H12BrFN2. The highest BCUT2D eigenvalue weighted by molar-refractivity contribution is 9.10. The van der Waals surface area contributed by atoms with Crippen molar-refractivity contribution in [1.82, 2.24) is 4.98 Å². The average molecular weight is 295 g/mol. The van der Waals surface area contributed by atoms with E-state index in [2.05, 4.69) is 20.9 Å². The Morgan fingerprint density at radius 2 is 2.06 bits per heavy atom. The highest BCUT2D eigenvalue weighted by atomic mass is 79.9. The summed E-state index contributed by atoms with van der Waals surface area (Å²) in [5.74, 6) is -0.310. The molecule has 4 heteroatoms. The molecule has 0 aliphatic carbocycles. The van der Waals surface area contributed by atoms with Gasteiger partial charge in [-0.2, -0.15) is 0 Å². The number of pyridine rings is 1. The highest BCUT2D eigenvalue weighted by Gasteiger charge is 2.15. The summed E-state index contributed by atoms with van der Waals surface area (Å²) in [6, 6.07) is 6.27. The molecule has 1 aromatic carbocycles. The molecule has 0 aliphatic heterocycles. The average Bonchev–Trinajstić information content (AvgIpc) is 2.29. The molecule has 0 bridgehead atoms. The van der Waals surface area contributed by atoms with Crippen molar-refractivity contribution in [3.8, 4) is 0 Å². The number of halogens is 2. The molecule has 1 unspecified atom stereocenters. The van der Waals surface area contributed by atoms with Crippen LogP contribution in [-0.2, 0) is 0 Å². The number of hydrogen-bond acceptors (Lipinski definition) is 2. The molecule has 0 saturated heterocycles. The molecule has 88 valence electrons. The van der Waals surface area contributed by atoms with E-state index in [1.807, 2.05) is 13.0 Å². The van der Waals surface area contributed by atoms with Crippen molar-refractivity contribution in [2.75, 3.05) is 0 Å². The molecule has 0 saturated carbocycles. The highest BCUT2D eigenvalue weighted by Crippen LogP contribution is 2.25. The van der Waals surface area contributed by atoms with Crippen LogP contribution < -0.4 is 5.73 Å². The van der Waals surface area contributed by atoms with Gasteiger partial charge in [-0.15, -0.1) is 0 Å². The van der Waals surface area contributed by atoms with E-state index >= 15 is 0 Å². The second-order valence-corrected chi connectivity index (χ2v) is 4.79. The Morgan fingerprint density at radius 1 is 1.29 bits per heavy atom. The minimum Gasteiger partial charge on any atom is -0.320 e. The van der Waals surface area contributed by atoms with Gasteiger partial charge in [0.05, 0.1) is 6.04 Å². The molecular weight excluding hydrogens is 283 g/mol. The molecule has 2 nitrogen and oxygen atoms in total. The zero-order valence-electron chi connectivity index (χ0n) is 9.32. The third-order valence-corrected chi connectivity index (χ3v) is 3.21. The zero-order valence-corrected chi connectivity index (χ0v) is 10.9. The maximum absolute atomic E-state index is 13.8. The Bertz CT molecular complexity index is 543. The number of aromatic nitrogens is 1. The third-order valence-electron chi connectivity index (χ3n) is 2.71. The smallest absolute Gasteiger partial charge is 0.129 e. The van der Waals surface area contributed by atoms with E-state index in [1.165, 1.54) is 6.07 Å². The lowest BCUT2D eigenvalue weighted by molar-refractivity contribution is 0.598. The summed E-state index contributed by atoms with van der Waals surface area (Å²) in [4.78, 5) is 4.03. The van der Waals surface area contributed by atoms with Gasteiger partial charge >= 0.3 is 0 Å². The van der Waals surface area contributed by atoms with E-state index in [0.29, 0.717) is 10.0 Å². The quantitative estimate of drug-likeness (QED) is 0.923. The Balaban J connectivity index is 2.44. The molecule has 1 aromatic heterocycles. The maximum atomic E-state index is 13.8. The monoisotopic (exact) mass is 294 g/mol. The van der Waals surface area contributed by atoms with E-state index in [9.17, 15) is 4.39 Å². The van der Waals surface area contributed by atoms with Gasteiger partial charge in [0.2, 0.25) is 0 Å². The van der Waals surface area contributed by atoms with Crippen LogP contribution in [-0.4, -0.2) is 4.98 Å². The van der Waals surface area contributed by atoms with Gasteiger partial charge in [-0.25, -0.2) is 4.39 Å². The molecule has 2 aromatic rings. The lowest BCUT2D eigenvalue weighted by atomic mass is 9.97. The fraction of sp³-hybridized carbons (Fsp3) is 0.154. The first-order chi connectivity index (χ1) is 8.09. The van der Waals surface area contributed by atoms with Gasteiger partial charge in [0, 0.05) is 22.4 Å². The SMILES string of the molecule is Cc1ccncc1C(N)c1ccc(Br)cc1F. The Labute approximate surface area is 108 Å². The number of nitrogens with zero attached hydrogens (tertiary/aromatic N) is 1. The van der Waals surface area contributed by atoms with Crippen LogP contribution in [0.4, 0.5) is 4.39 Å². The molecule has 2 N–H and O–H groups in total. The lowest BCUT2D eigenvalue weighted by Gasteiger charge is -2.15. The standard InChI is InChI=1S/C13H12BrFN2/c1-8-4-5-17-7-11(8)13(16)10-3-2-9(14)6-12(10)15/h2-7,13H,16H2,1H3. The normalized spacial score (nSPS) is 12.5. The van der Waals surface area contributed by atoms with Crippen LogP contribution in [0.3, 0.4) is 0 Å². The predicted molar refractivity (Wildman–Crippen MR) is 69.1 cm³/mol. The van der Waals surface area contributed by atoms with Crippen molar-refractivity contribution in [2.45, 2.75) is 13.0 Å². The minimum absolute atomic E-state index is 0.310. The van der Waals surface area contributed by atoms with Gasteiger partial charge in [0.15, 0.2) is 0 Å². The molecule has 0 fully saturated rings. The number of rotatable bonds is 2. The largest absolute Gasteiger partial charge is 0.320 e. The summed E-state index contributed by atoms with van der Waals surface area (Å²) in [6.45, 7) is 1.94. The number of hydrogen-bond donors (Lipinski definition) is 1. The van der Waals surface area contributed by atoms with E-state index < -0.39 is 6.04 Å². The van der Waals surface area contributed by atoms with Crippen LogP contribution in [0.25, 0.3) is 0 Å². The Hall–Kier alpha value is -1.26. The number of aryl methyl sites for hydroxylation is 1. The summed E-state index contributed by atoms with van der Waals surface area (Å²) in [7, 11) is 0. The number of benzene rings is 1. The summed E-state index contributed by atoms with van der Waals surface area (Å²) >= 11 is 3.22. The van der Waals surface area contributed by atoms with Gasteiger partial charge in [-0.1, -0.05) is 22.0 Å². The summed E-state index contributed by atoms with van der Waals surface area (Å²) in [5, 5.41) is 0. The van der Waals surface area contributed by atoms with E-state index in [-0.39, 0.29) is 5.82 Å². The van der Waals surface area contributed by atoms with Crippen molar-refractivity contribution < 1.29 is 4.39 Å². The van der Waals surface area contributed by atoms with Crippen molar-refractivity contribution in [3.05, 3.63) is 63.6 Å². The first kappa shape index (κ1) is 12.2. The molecule has 0 spiro atoms. The molecule has 1 heterocycles. The van der Waals surface area contributed by atoms with Gasteiger partial charge < -0.3 is 5.73 Å². The van der Waals surface area contributed by atoms with E-state index in [4.69, 9.17) is 5.73 Å². The van der Waals surface area contributed by atoms with E-state index in [0.717, 1.165) is 11.1 Å². The Morgan fingerprint density at radius 3 is 2.71 bits per heavy atom.